The molecule has 2 amide bonds. The Bertz CT molecular complexity index is 1610. The number of ether oxygens (including phenoxy) is 4. The van der Waals surface area contributed by atoms with Crippen LogP contribution < -0.4 is 40.3 Å². The Morgan fingerprint density at radius 2 is 1.64 bits per heavy atom. The number of para-hydroxylation sites is 1. The molecule has 0 saturated heterocycles. The highest BCUT2D eigenvalue weighted by atomic mass is 16.5. The zero-order valence-electron chi connectivity index (χ0n) is 27.0. The lowest BCUT2D eigenvalue weighted by molar-refractivity contribution is -0.123. The first-order valence-electron chi connectivity index (χ1n) is 15.1. The van der Waals surface area contributed by atoms with Crippen LogP contribution in [-0.2, 0) is 22.6 Å². The van der Waals surface area contributed by atoms with Crippen molar-refractivity contribution in [2.45, 2.75) is 58.7 Å². The van der Waals surface area contributed by atoms with Gasteiger partial charge in [0.25, 0.3) is 0 Å². The number of aryl methyl sites for hydroxylation is 1. The fourth-order valence-electron chi connectivity index (χ4n) is 5.84. The molecule has 3 atom stereocenters. The van der Waals surface area contributed by atoms with E-state index < -0.39 is 12.1 Å². The summed E-state index contributed by atoms with van der Waals surface area (Å²) in [5.41, 5.74) is 3.86. The number of rotatable bonds is 12. The van der Waals surface area contributed by atoms with Gasteiger partial charge in [-0.3, -0.25) is 14.4 Å². The average Bonchev–Trinajstić information content (AvgIpc) is 3.29. The summed E-state index contributed by atoms with van der Waals surface area (Å²) in [4.78, 5) is 39.7. The van der Waals surface area contributed by atoms with E-state index >= 15 is 0 Å². The Morgan fingerprint density at radius 3 is 2.29 bits per heavy atom. The van der Waals surface area contributed by atoms with Gasteiger partial charge in [0.1, 0.15) is 11.8 Å². The van der Waals surface area contributed by atoms with Crippen molar-refractivity contribution in [3.8, 4) is 34.1 Å². The highest BCUT2D eigenvalue weighted by Gasteiger charge is 2.30. The Kier molecular flexibility index (Phi) is 10.9. The van der Waals surface area contributed by atoms with Crippen LogP contribution in [0.3, 0.4) is 0 Å². The van der Waals surface area contributed by atoms with E-state index in [9.17, 15) is 14.4 Å². The molecule has 1 aliphatic carbocycles. The largest absolute Gasteiger partial charge is 0.496 e. The molecule has 1 aliphatic rings. The minimum Gasteiger partial charge on any atom is -0.496 e. The van der Waals surface area contributed by atoms with Gasteiger partial charge in [0, 0.05) is 24.6 Å². The molecule has 0 aliphatic heterocycles. The standard InChI is InChI=1S/C35H43N3O7/c1-8-20(2)32(35(41)36-19-23-11-9-10-12-29(23)42-4)38-27-16-14-24-25(18-28(27)40)26(37-21(3)39)15-13-22-17-30(43-5)33(44-6)34(45-7)31(22)24/h9-12,14,16-18,20,26,32H,8,13,15,19H2,1-7H3,(H,36,41)(H,37,39)(H,38,40)/t20-,26+,32+/m1/s1. The Morgan fingerprint density at radius 1 is 0.933 bits per heavy atom. The smallest absolute Gasteiger partial charge is 0.243 e. The number of carbonyl (C=O) groups excluding carboxylic acids is 2. The molecule has 0 radical (unpaired) electrons. The lowest BCUT2D eigenvalue weighted by Crippen LogP contribution is -2.44. The average molecular weight is 618 g/mol. The Hall–Kier alpha value is -4.73. The summed E-state index contributed by atoms with van der Waals surface area (Å²) < 4.78 is 22.6. The van der Waals surface area contributed by atoms with Gasteiger partial charge in [-0.25, -0.2) is 0 Å². The van der Waals surface area contributed by atoms with Gasteiger partial charge in [-0.15, -0.1) is 0 Å². The van der Waals surface area contributed by atoms with Crippen LogP contribution in [-0.4, -0.2) is 46.3 Å². The molecule has 0 bridgehead atoms. The summed E-state index contributed by atoms with van der Waals surface area (Å²) in [6.45, 7) is 5.70. The first-order chi connectivity index (χ1) is 21.7. The van der Waals surface area contributed by atoms with Gasteiger partial charge in [-0.1, -0.05) is 44.5 Å². The second kappa shape index (κ2) is 14.8. The van der Waals surface area contributed by atoms with E-state index in [1.54, 1.807) is 40.6 Å². The van der Waals surface area contributed by atoms with Crippen LogP contribution in [0, 0.1) is 5.92 Å². The second-order valence-electron chi connectivity index (χ2n) is 11.1. The maximum Gasteiger partial charge on any atom is 0.243 e. The van der Waals surface area contributed by atoms with Crippen molar-refractivity contribution in [3.63, 3.8) is 0 Å². The summed E-state index contributed by atoms with van der Waals surface area (Å²) in [5, 5.41) is 9.28. The van der Waals surface area contributed by atoms with E-state index in [2.05, 4.69) is 16.0 Å². The van der Waals surface area contributed by atoms with Gasteiger partial charge in [0.05, 0.1) is 40.2 Å². The number of hydrogen-bond acceptors (Lipinski definition) is 8. The molecule has 10 nitrogen and oxygen atoms in total. The van der Waals surface area contributed by atoms with Gasteiger partial charge < -0.3 is 34.9 Å². The number of anilines is 1. The van der Waals surface area contributed by atoms with Crippen LogP contribution in [0.25, 0.3) is 11.1 Å². The molecule has 3 aromatic rings. The number of fused-ring (bicyclic) bond motifs is 3. The molecular weight excluding hydrogens is 574 g/mol. The Balaban J connectivity index is 1.80. The molecule has 240 valence electrons. The summed E-state index contributed by atoms with van der Waals surface area (Å²) in [6, 6.07) is 13.4. The molecule has 3 N–H and O–H groups in total. The van der Waals surface area contributed by atoms with Crippen molar-refractivity contribution >= 4 is 17.5 Å². The minimum atomic E-state index is -0.683. The molecule has 0 heterocycles. The van der Waals surface area contributed by atoms with E-state index in [-0.39, 0.29) is 35.4 Å². The van der Waals surface area contributed by atoms with E-state index in [0.29, 0.717) is 53.4 Å². The summed E-state index contributed by atoms with van der Waals surface area (Å²) in [6.07, 6.45) is 1.85. The normalized spacial score (nSPS) is 14.9. The third-order valence-electron chi connectivity index (χ3n) is 8.37. The van der Waals surface area contributed by atoms with E-state index in [1.807, 2.05) is 50.2 Å². The second-order valence-corrected chi connectivity index (χ2v) is 11.1. The zero-order chi connectivity index (χ0) is 32.7. The zero-order valence-corrected chi connectivity index (χ0v) is 27.0. The van der Waals surface area contributed by atoms with Crippen molar-refractivity contribution < 1.29 is 28.5 Å². The molecule has 3 aromatic carbocycles. The van der Waals surface area contributed by atoms with Gasteiger partial charge in [0.15, 0.2) is 11.5 Å². The first-order valence-corrected chi connectivity index (χ1v) is 15.1. The number of benzene rings is 2. The van der Waals surface area contributed by atoms with Crippen LogP contribution in [0.4, 0.5) is 5.69 Å². The van der Waals surface area contributed by atoms with Crippen LogP contribution in [0.1, 0.15) is 56.3 Å². The predicted octanol–water partition coefficient (Wildman–Crippen LogP) is 5.01. The van der Waals surface area contributed by atoms with Crippen molar-refractivity contribution in [3.05, 3.63) is 75.4 Å². The number of nitrogens with one attached hydrogen (secondary N) is 3. The lowest BCUT2D eigenvalue weighted by Gasteiger charge is -2.24. The minimum absolute atomic E-state index is 0.0879. The van der Waals surface area contributed by atoms with Crippen LogP contribution in [0.15, 0.2) is 53.3 Å². The fraction of sp³-hybridized carbons (Fsp3) is 0.400. The highest BCUT2D eigenvalue weighted by Crippen LogP contribution is 2.50. The molecule has 0 fully saturated rings. The van der Waals surface area contributed by atoms with Crippen molar-refractivity contribution in [1.29, 1.82) is 0 Å². The van der Waals surface area contributed by atoms with Crippen molar-refractivity contribution in [1.82, 2.24) is 10.6 Å². The molecule has 10 heteroatoms. The molecule has 0 aromatic heterocycles. The quantitative estimate of drug-likeness (QED) is 0.259. The van der Waals surface area contributed by atoms with Gasteiger partial charge in [-0.2, -0.15) is 0 Å². The van der Waals surface area contributed by atoms with Crippen molar-refractivity contribution in [2.75, 3.05) is 33.8 Å². The van der Waals surface area contributed by atoms with Crippen LogP contribution in [0.2, 0.25) is 0 Å². The molecule has 0 spiro atoms. The Labute approximate surface area is 264 Å². The number of hydrogen-bond donors (Lipinski definition) is 3. The topological polar surface area (TPSA) is 124 Å². The highest BCUT2D eigenvalue weighted by molar-refractivity contribution is 5.86. The maximum absolute atomic E-state index is 13.9. The van der Waals surface area contributed by atoms with E-state index in [4.69, 9.17) is 18.9 Å². The third-order valence-corrected chi connectivity index (χ3v) is 8.37. The van der Waals surface area contributed by atoms with Crippen LogP contribution in [0.5, 0.6) is 23.0 Å². The van der Waals surface area contributed by atoms with Crippen molar-refractivity contribution in [2.24, 2.45) is 5.92 Å². The molecule has 0 saturated carbocycles. The number of carbonyl (C=O) groups is 2. The summed E-state index contributed by atoms with van der Waals surface area (Å²) >= 11 is 0. The number of methoxy groups -OCH3 is 4. The summed E-state index contributed by atoms with van der Waals surface area (Å²) in [5.74, 6) is 1.58. The number of amides is 2. The molecule has 4 rings (SSSR count). The van der Waals surface area contributed by atoms with E-state index in [1.165, 1.54) is 6.92 Å². The monoisotopic (exact) mass is 617 g/mol. The van der Waals surface area contributed by atoms with Gasteiger partial charge >= 0.3 is 0 Å². The SMILES string of the molecule is CC[C@@H](C)[C@H](Nc1ccc2c(cc1=O)[C@@H](NC(C)=O)CCc1cc(OC)c(OC)c(OC)c1-2)C(=O)NCc1ccccc1OC. The fourth-order valence-corrected chi connectivity index (χ4v) is 5.84. The van der Waals surface area contributed by atoms with Crippen LogP contribution >= 0.6 is 0 Å². The molecule has 0 unspecified atom stereocenters. The maximum atomic E-state index is 13.9. The predicted molar refractivity (Wildman–Crippen MR) is 174 cm³/mol. The summed E-state index contributed by atoms with van der Waals surface area (Å²) in [7, 11) is 6.26. The molecular formula is C35H43N3O7. The lowest BCUT2D eigenvalue weighted by atomic mass is 9.95. The van der Waals surface area contributed by atoms with E-state index in [0.717, 1.165) is 16.7 Å². The third kappa shape index (κ3) is 7.16. The first kappa shape index (κ1) is 33.2. The van der Waals surface area contributed by atoms with Gasteiger partial charge in [0.2, 0.25) is 23.0 Å². The molecule has 45 heavy (non-hydrogen) atoms. The van der Waals surface area contributed by atoms with Gasteiger partial charge in [-0.05, 0) is 59.7 Å².